The van der Waals surface area contributed by atoms with Crippen molar-refractivity contribution in [3.8, 4) is 5.75 Å². The van der Waals surface area contributed by atoms with Crippen LogP contribution in [0.2, 0.25) is 5.02 Å². The summed E-state index contributed by atoms with van der Waals surface area (Å²) in [6.07, 6.45) is 0. The van der Waals surface area contributed by atoms with Crippen molar-refractivity contribution >= 4 is 33.0 Å². The minimum atomic E-state index is -3.84. The first-order valence-electron chi connectivity index (χ1n) is 6.05. The summed E-state index contributed by atoms with van der Waals surface area (Å²) in [5.41, 5.74) is 6.35. The molecule has 0 heterocycles. The van der Waals surface area contributed by atoms with E-state index in [0.29, 0.717) is 11.4 Å². The number of benzene rings is 2. The van der Waals surface area contributed by atoms with Crippen LogP contribution >= 0.6 is 11.6 Å². The van der Waals surface area contributed by atoms with Crippen molar-refractivity contribution in [1.29, 1.82) is 0 Å². The lowest BCUT2D eigenvalue weighted by atomic mass is 10.3. The van der Waals surface area contributed by atoms with Crippen molar-refractivity contribution in [2.45, 2.75) is 4.90 Å². The summed E-state index contributed by atoms with van der Waals surface area (Å²) in [5.74, 6) is 0.641. The van der Waals surface area contributed by atoms with Gasteiger partial charge >= 0.3 is 0 Å². The lowest BCUT2D eigenvalue weighted by Crippen LogP contribution is -2.27. The van der Waals surface area contributed by atoms with E-state index in [1.165, 1.54) is 19.2 Å². The van der Waals surface area contributed by atoms with E-state index in [1.54, 1.807) is 37.4 Å². The second-order valence-electron chi connectivity index (χ2n) is 4.33. The van der Waals surface area contributed by atoms with Gasteiger partial charge in [0.15, 0.2) is 0 Å². The molecule has 7 heteroatoms. The monoisotopic (exact) mass is 326 g/mol. The summed E-state index contributed by atoms with van der Waals surface area (Å²) in [6, 6.07) is 11.2. The van der Waals surface area contributed by atoms with Gasteiger partial charge in [-0.15, -0.1) is 0 Å². The van der Waals surface area contributed by atoms with Gasteiger partial charge in [0.05, 0.1) is 23.5 Å². The molecular weight excluding hydrogens is 312 g/mol. The largest absolute Gasteiger partial charge is 0.497 e. The van der Waals surface area contributed by atoms with Gasteiger partial charge in [0.2, 0.25) is 0 Å². The van der Waals surface area contributed by atoms with Gasteiger partial charge in [-0.1, -0.05) is 17.7 Å². The first-order valence-corrected chi connectivity index (χ1v) is 7.86. The molecule has 0 spiro atoms. The Labute approximate surface area is 128 Å². The number of anilines is 2. The molecule has 2 aromatic carbocycles. The summed E-state index contributed by atoms with van der Waals surface area (Å²) >= 11 is 5.99. The Morgan fingerprint density at radius 2 is 1.76 bits per heavy atom. The number of nitrogens with zero attached hydrogens (tertiary/aromatic N) is 1. The molecule has 0 aliphatic rings. The van der Waals surface area contributed by atoms with Crippen LogP contribution in [0.5, 0.6) is 5.75 Å². The van der Waals surface area contributed by atoms with E-state index in [0.717, 1.165) is 4.31 Å². The van der Waals surface area contributed by atoms with Crippen LogP contribution in [0, 0.1) is 0 Å². The van der Waals surface area contributed by atoms with E-state index in [1.807, 2.05) is 0 Å². The molecule has 0 atom stereocenters. The van der Waals surface area contributed by atoms with Gasteiger partial charge in [0.1, 0.15) is 10.6 Å². The van der Waals surface area contributed by atoms with Crippen LogP contribution < -0.4 is 14.8 Å². The summed E-state index contributed by atoms with van der Waals surface area (Å²) in [6.45, 7) is 0. The molecule has 0 fully saturated rings. The highest BCUT2D eigenvalue weighted by Crippen LogP contribution is 2.32. The standard InChI is InChI=1S/C14H15ClN2O3S/c1-17(10-6-8-11(20-2)9-7-10)21(18,19)14-12(15)4-3-5-13(14)16/h3-9H,16H2,1-2H3. The Kier molecular flexibility index (Phi) is 4.29. The molecule has 0 saturated carbocycles. The van der Waals surface area contributed by atoms with Gasteiger partial charge in [-0.25, -0.2) is 8.42 Å². The highest BCUT2D eigenvalue weighted by atomic mass is 35.5. The van der Waals surface area contributed by atoms with Gasteiger partial charge in [-0.2, -0.15) is 0 Å². The maximum Gasteiger partial charge on any atom is 0.267 e. The number of nitrogen functional groups attached to an aromatic ring is 1. The lowest BCUT2D eigenvalue weighted by Gasteiger charge is -2.21. The summed E-state index contributed by atoms with van der Waals surface area (Å²) < 4.78 is 31.5. The Balaban J connectivity index is 2.47. The van der Waals surface area contributed by atoms with Crippen LogP contribution in [0.15, 0.2) is 47.4 Å². The van der Waals surface area contributed by atoms with E-state index in [9.17, 15) is 8.42 Å². The fraction of sp³-hybridized carbons (Fsp3) is 0.143. The molecule has 0 aliphatic carbocycles. The van der Waals surface area contributed by atoms with Crippen molar-refractivity contribution in [1.82, 2.24) is 0 Å². The molecule has 5 nitrogen and oxygen atoms in total. The fourth-order valence-electron chi connectivity index (χ4n) is 1.87. The number of hydrogen-bond acceptors (Lipinski definition) is 4. The Hall–Kier alpha value is -1.92. The lowest BCUT2D eigenvalue weighted by molar-refractivity contribution is 0.415. The van der Waals surface area contributed by atoms with Crippen LogP contribution in [-0.4, -0.2) is 22.6 Å². The second-order valence-corrected chi connectivity index (χ2v) is 6.64. The van der Waals surface area contributed by atoms with E-state index in [2.05, 4.69) is 0 Å². The zero-order valence-electron chi connectivity index (χ0n) is 11.6. The molecule has 0 unspecified atom stereocenters. The zero-order valence-corrected chi connectivity index (χ0v) is 13.1. The number of halogens is 1. The van der Waals surface area contributed by atoms with Crippen LogP contribution in [0.25, 0.3) is 0 Å². The van der Waals surface area contributed by atoms with Gasteiger partial charge in [0, 0.05) is 7.05 Å². The van der Waals surface area contributed by atoms with Crippen LogP contribution in [0.4, 0.5) is 11.4 Å². The minimum absolute atomic E-state index is 0.0926. The number of rotatable bonds is 4. The van der Waals surface area contributed by atoms with E-state index in [-0.39, 0.29) is 15.6 Å². The van der Waals surface area contributed by atoms with Crippen molar-refractivity contribution in [2.75, 3.05) is 24.2 Å². The Bertz CT molecular complexity index is 725. The number of ether oxygens (including phenoxy) is 1. The molecule has 0 bridgehead atoms. The molecule has 21 heavy (non-hydrogen) atoms. The molecule has 2 N–H and O–H groups in total. The maximum absolute atomic E-state index is 12.7. The average Bonchev–Trinajstić information content (AvgIpc) is 2.46. The second kappa shape index (κ2) is 5.83. The topological polar surface area (TPSA) is 72.6 Å². The zero-order chi connectivity index (χ0) is 15.6. The molecule has 2 aromatic rings. The number of hydrogen-bond donors (Lipinski definition) is 1. The quantitative estimate of drug-likeness (QED) is 0.877. The van der Waals surface area contributed by atoms with E-state index >= 15 is 0 Å². The summed E-state index contributed by atoms with van der Waals surface area (Å²) in [7, 11) is -0.851. The third-order valence-electron chi connectivity index (χ3n) is 3.05. The summed E-state index contributed by atoms with van der Waals surface area (Å²) in [4.78, 5) is -0.0926. The predicted octanol–water partition coefficient (Wildman–Crippen LogP) is 2.76. The smallest absolute Gasteiger partial charge is 0.267 e. The molecular formula is C14H15ClN2O3S. The minimum Gasteiger partial charge on any atom is -0.497 e. The van der Waals surface area contributed by atoms with Crippen LogP contribution in [-0.2, 0) is 10.0 Å². The molecule has 0 aliphatic heterocycles. The van der Waals surface area contributed by atoms with Gasteiger partial charge < -0.3 is 10.5 Å². The van der Waals surface area contributed by atoms with E-state index in [4.69, 9.17) is 22.1 Å². The normalized spacial score (nSPS) is 11.2. The van der Waals surface area contributed by atoms with Gasteiger partial charge in [-0.05, 0) is 36.4 Å². The summed E-state index contributed by atoms with van der Waals surface area (Å²) in [5, 5.41) is 0.0929. The van der Waals surface area contributed by atoms with Crippen LogP contribution in [0.3, 0.4) is 0 Å². The SMILES string of the molecule is COc1ccc(N(C)S(=O)(=O)c2c(N)cccc2Cl)cc1. The first kappa shape index (κ1) is 15.5. The van der Waals surface area contributed by atoms with Crippen LogP contribution in [0.1, 0.15) is 0 Å². The van der Waals surface area contributed by atoms with Crippen molar-refractivity contribution in [3.63, 3.8) is 0 Å². The Morgan fingerprint density at radius 1 is 1.14 bits per heavy atom. The van der Waals surface area contributed by atoms with Crippen molar-refractivity contribution < 1.29 is 13.2 Å². The molecule has 0 amide bonds. The number of methoxy groups -OCH3 is 1. The van der Waals surface area contributed by atoms with Crippen molar-refractivity contribution in [2.24, 2.45) is 0 Å². The van der Waals surface area contributed by atoms with Crippen molar-refractivity contribution in [3.05, 3.63) is 47.5 Å². The molecule has 0 radical (unpaired) electrons. The molecule has 112 valence electrons. The molecule has 0 aromatic heterocycles. The van der Waals surface area contributed by atoms with E-state index < -0.39 is 10.0 Å². The third kappa shape index (κ3) is 2.91. The number of nitrogens with two attached hydrogens (primary N) is 1. The average molecular weight is 327 g/mol. The molecule has 0 saturated heterocycles. The highest BCUT2D eigenvalue weighted by Gasteiger charge is 2.26. The van der Waals surface area contributed by atoms with Gasteiger partial charge in [0.25, 0.3) is 10.0 Å². The highest BCUT2D eigenvalue weighted by molar-refractivity contribution is 7.93. The predicted molar refractivity (Wildman–Crippen MR) is 84.4 cm³/mol. The maximum atomic E-state index is 12.7. The van der Waals surface area contributed by atoms with Gasteiger partial charge in [-0.3, -0.25) is 4.31 Å². The number of sulfonamides is 1. The fourth-order valence-corrected chi connectivity index (χ4v) is 3.69. The Morgan fingerprint density at radius 3 is 2.29 bits per heavy atom. The first-order chi connectivity index (χ1) is 9.87. The third-order valence-corrected chi connectivity index (χ3v) is 5.38. The molecule has 2 rings (SSSR count).